The molecule has 1 N–H and O–H groups in total. The first-order valence-corrected chi connectivity index (χ1v) is 9.35. The summed E-state index contributed by atoms with van der Waals surface area (Å²) in [6.45, 7) is 1.42. The predicted molar refractivity (Wildman–Crippen MR) is 104 cm³/mol. The molecule has 1 aromatic carbocycles. The molecule has 146 valence electrons. The number of hydrogen-bond acceptors (Lipinski definition) is 5. The van der Waals surface area contributed by atoms with Crippen LogP contribution in [-0.2, 0) is 4.74 Å². The van der Waals surface area contributed by atoms with Gasteiger partial charge in [-0.05, 0) is 37.1 Å². The molecule has 0 unspecified atom stereocenters. The maximum absolute atomic E-state index is 12.7. The summed E-state index contributed by atoms with van der Waals surface area (Å²) in [4.78, 5) is 43.3. The molecule has 1 fully saturated rings. The number of pyridine rings is 1. The largest absolute Gasteiger partial charge is 0.465 e. The molecule has 1 aliphatic rings. The zero-order valence-electron chi connectivity index (χ0n) is 15.8. The number of para-hydroxylation sites is 1. The average Bonchev–Trinajstić information content (AvgIpc) is 3.02. The standard InChI is InChI=1S/C21H23N3O4/c1-28-21(27)15-9-4-5-10-16(15)23-19(25)17-11-8-12-18(22-17)20(26)24-13-6-2-3-7-14-24/h4-5,8-12H,2-3,6-7,13-14H2,1H3,(H,23,25). The van der Waals surface area contributed by atoms with Gasteiger partial charge >= 0.3 is 5.97 Å². The lowest BCUT2D eigenvalue weighted by atomic mass is 10.1. The summed E-state index contributed by atoms with van der Waals surface area (Å²) in [5.41, 5.74) is 0.927. The topological polar surface area (TPSA) is 88.6 Å². The molecule has 0 spiro atoms. The predicted octanol–water partition coefficient (Wildman–Crippen LogP) is 3.14. The van der Waals surface area contributed by atoms with Crippen molar-refractivity contribution in [3.63, 3.8) is 0 Å². The molecule has 0 aliphatic carbocycles. The highest BCUT2D eigenvalue weighted by Gasteiger charge is 2.20. The number of esters is 1. The van der Waals surface area contributed by atoms with Crippen LogP contribution in [0.25, 0.3) is 0 Å². The third-order valence-corrected chi connectivity index (χ3v) is 4.67. The molecule has 7 nitrogen and oxygen atoms in total. The van der Waals surface area contributed by atoms with E-state index < -0.39 is 11.9 Å². The molecule has 28 heavy (non-hydrogen) atoms. The lowest BCUT2D eigenvalue weighted by Crippen LogP contribution is -2.32. The van der Waals surface area contributed by atoms with E-state index in [0.717, 1.165) is 25.7 Å². The van der Waals surface area contributed by atoms with Gasteiger partial charge in [0.1, 0.15) is 11.4 Å². The van der Waals surface area contributed by atoms with Crippen molar-refractivity contribution in [3.05, 3.63) is 59.4 Å². The van der Waals surface area contributed by atoms with E-state index in [2.05, 4.69) is 10.3 Å². The van der Waals surface area contributed by atoms with E-state index in [1.807, 2.05) is 0 Å². The molecule has 1 aromatic heterocycles. The number of likely N-dealkylation sites (tertiary alicyclic amines) is 1. The number of carbonyl (C=O) groups is 3. The minimum Gasteiger partial charge on any atom is -0.465 e. The number of rotatable bonds is 4. The van der Waals surface area contributed by atoms with Crippen LogP contribution in [-0.4, -0.2) is 47.9 Å². The van der Waals surface area contributed by atoms with Crippen LogP contribution in [0.1, 0.15) is 57.0 Å². The number of amides is 2. The van der Waals surface area contributed by atoms with Crippen molar-refractivity contribution in [3.8, 4) is 0 Å². The van der Waals surface area contributed by atoms with Crippen molar-refractivity contribution in [2.24, 2.45) is 0 Å². The van der Waals surface area contributed by atoms with Gasteiger partial charge in [-0.3, -0.25) is 9.59 Å². The molecule has 1 saturated heterocycles. The van der Waals surface area contributed by atoms with Crippen molar-refractivity contribution in [1.29, 1.82) is 0 Å². The molecule has 3 rings (SSSR count). The van der Waals surface area contributed by atoms with Crippen LogP contribution in [0.4, 0.5) is 5.69 Å². The van der Waals surface area contributed by atoms with Gasteiger partial charge in [-0.25, -0.2) is 9.78 Å². The SMILES string of the molecule is COC(=O)c1ccccc1NC(=O)c1cccc(C(=O)N2CCCCCC2)n1. The minimum atomic E-state index is -0.547. The van der Waals surface area contributed by atoms with Crippen LogP contribution >= 0.6 is 0 Å². The van der Waals surface area contributed by atoms with Gasteiger partial charge in [-0.1, -0.05) is 31.0 Å². The van der Waals surface area contributed by atoms with Crippen LogP contribution in [0.5, 0.6) is 0 Å². The number of carbonyl (C=O) groups excluding carboxylic acids is 3. The third kappa shape index (κ3) is 4.54. The minimum absolute atomic E-state index is 0.111. The van der Waals surface area contributed by atoms with E-state index in [0.29, 0.717) is 18.8 Å². The molecular formula is C21H23N3O4. The van der Waals surface area contributed by atoms with Crippen LogP contribution in [0, 0.1) is 0 Å². The highest BCUT2D eigenvalue weighted by molar-refractivity contribution is 6.07. The highest BCUT2D eigenvalue weighted by atomic mass is 16.5. The Morgan fingerprint density at radius 1 is 0.929 bits per heavy atom. The number of aromatic nitrogens is 1. The second-order valence-corrected chi connectivity index (χ2v) is 6.61. The number of nitrogens with one attached hydrogen (secondary N) is 1. The number of benzene rings is 1. The van der Waals surface area contributed by atoms with Gasteiger partial charge < -0.3 is 15.0 Å². The van der Waals surface area contributed by atoms with Gasteiger partial charge in [0.15, 0.2) is 0 Å². The van der Waals surface area contributed by atoms with Crippen LogP contribution in [0.3, 0.4) is 0 Å². The smallest absolute Gasteiger partial charge is 0.339 e. The maximum Gasteiger partial charge on any atom is 0.339 e. The van der Waals surface area contributed by atoms with Gasteiger partial charge in [0.05, 0.1) is 18.4 Å². The number of ether oxygens (including phenoxy) is 1. The first-order chi connectivity index (χ1) is 13.6. The van der Waals surface area contributed by atoms with E-state index in [1.165, 1.54) is 13.2 Å². The summed E-state index contributed by atoms with van der Waals surface area (Å²) in [5, 5.41) is 2.67. The number of methoxy groups -OCH3 is 1. The van der Waals surface area contributed by atoms with E-state index in [-0.39, 0.29) is 22.9 Å². The Labute approximate surface area is 163 Å². The van der Waals surface area contributed by atoms with E-state index in [9.17, 15) is 14.4 Å². The van der Waals surface area contributed by atoms with Crippen molar-refractivity contribution in [2.75, 3.05) is 25.5 Å². The van der Waals surface area contributed by atoms with Crippen LogP contribution < -0.4 is 5.32 Å². The van der Waals surface area contributed by atoms with Gasteiger partial charge in [0.2, 0.25) is 0 Å². The summed E-state index contributed by atoms with van der Waals surface area (Å²) in [6.07, 6.45) is 4.21. The van der Waals surface area contributed by atoms with Crippen LogP contribution in [0.2, 0.25) is 0 Å². The summed E-state index contributed by atoms with van der Waals surface area (Å²) in [7, 11) is 1.28. The fraction of sp³-hybridized carbons (Fsp3) is 0.333. The Kier molecular flexibility index (Phi) is 6.37. The lowest BCUT2D eigenvalue weighted by Gasteiger charge is -2.19. The third-order valence-electron chi connectivity index (χ3n) is 4.67. The van der Waals surface area contributed by atoms with Crippen molar-refractivity contribution < 1.29 is 19.1 Å². The zero-order chi connectivity index (χ0) is 19.9. The van der Waals surface area contributed by atoms with Gasteiger partial charge in [-0.15, -0.1) is 0 Å². The monoisotopic (exact) mass is 381 g/mol. The first-order valence-electron chi connectivity index (χ1n) is 9.35. The normalized spacial score (nSPS) is 14.1. The van der Waals surface area contributed by atoms with Crippen molar-refractivity contribution in [1.82, 2.24) is 9.88 Å². The second-order valence-electron chi connectivity index (χ2n) is 6.61. The van der Waals surface area contributed by atoms with Crippen molar-refractivity contribution in [2.45, 2.75) is 25.7 Å². The summed E-state index contributed by atoms with van der Waals surface area (Å²) < 4.78 is 4.74. The Bertz CT molecular complexity index is 873. The molecule has 2 aromatic rings. The van der Waals surface area contributed by atoms with Crippen LogP contribution in [0.15, 0.2) is 42.5 Å². The first kappa shape index (κ1) is 19.5. The maximum atomic E-state index is 12.7. The summed E-state index contributed by atoms with van der Waals surface area (Å²) in [5.74, 6) is -1.21. The van der Waals surface area contributed by atoms with E-state index in [4.69, 9.17) is 4.74 Å². The molecule has 1 aliphatic heterocycles. The average molecular weight is 381 g/mol. The molecule has 7 heteroatoms. The molecular weight excluding hydrogens is 358 g/mol. The number of hydrogen-bond donors (Lipinski definition) is 1. The Balaban J connectivity index is 1.78. The van der Waals surface area contributed by atoms with Gasteiger partial charge in [0.25, 0.3) is 11.8 Å². The molecule has 0 radical (unpaired) electrons. The molecule has 0 atom stereocenters. The second kappa shape index (κ2) is 9.12. The molecule has 2 heterocycles. The lowest BCUT2D eigenvalue weighted by molar-refractivity contribution is 0.0601. The Hall–Kier alpha value is -3.22. The highest BCUT2D eigenvalue weighted by Crippen LogP contribution is 2.17. The molecule has 2 amide bonds. The van der Waals surface area contributed by atoms with Gasteiger partial charge in [-0.2, -0.15) is 0 Å². The number of nitrogens with zero attached hydrogens (tertiary/aromatic N) is 2. The fourth-order valence-corrected chi connectivity index (χ4v) is 3.18. The number of anilines is 1. The zero-order valence-corrected chi connectivity index (χ0v) is 15.8. The quantitative estimate of drug-likeness (QED) is 0.822. The molecule has 0 bridgehead atoms. The summed E-state index contributed by atoms with van der Waals surface area (Å²) >= 11 is 0. The van der Waals surface area contributed by atoms with Gasteiger partial charge in [0, 0.05) is 13.1 Å². The molecule has 0 saturated carbocycles. The fourth-order valence-electron chi connectivity index (χ4n) is 3.18. The summed E-state index contributed by atoms with van der Waals surface area (Å²) in [6, 6.07) is 11.3. The van der Waals surface area contributed by atoms with Crippen molar-refractivity contribution >= 4 is 23.5 Å². The van der Waals surface area contributed by atoms with E-state index >= 15 is 0 Å². The Morgan fingerprint density at radius 2 is 1.61 bits per heavy atom. The Morgan fingerprint density at radius 3 is 2.32 bits per heavy atom. The van der Waals surface area contributed by atoms with E-state index in [1.54, 1.807) is 41.3 Å².